The van der Waals surface area contributed by atoms with E-state index in [2.05, 4.69) is 20.9 Å². The van der Waals surface area contributed by atoms with Gasteiger partial charge in [0.2, 0.25) is 5.43 Å². The molecule has 88 valence electrons. The van der Waals surface area contributed by atoms with Crippen LogP contribution in [0.15, 0.2) is 39.9 Å². The highest BCUT2D eigenvalue weighted by Crippen LogP contribution is 2.08. The lowest BCUT2D eigenvalue weighted by Crippen LogP contribution is -2.14. The molecular weight excluding hydrogens is 282 g/mol. The van der Waals surface area contributed by atoms with Crippen molar-refractivity contribution in [2.75, 3.05) is 5.73 Å². The molecule has 0 aliphatic rings. The smallest absolute Gasteiger partial charge is 0.218 e. The van der Waals surface area contributed by atoms with Crippen LogP contribution in [0.2, 0.25) is 0 Å². The lowest BCUT2D eigenvalue weighted by Gasteiger charge is -2.08. The average molecular weight is 294 g/mol. The van der Waals surface area contributed by atoms with Crippen LogP contribution in [0.1, 0.15) is 11.4 Å². The molecule has 0 aliphatic heterocycles. The molecule has 0 bridgehead atoms. The van der Waals surface area contributed by atoms with E-state index >= 15 is 0 Å². The number of anilines is 1. The van der Waals surface area contributed by atoms with Crippen molar-refractivity contribution in [1.82, 2.24) is 9.55 Å². The zero-order valence-corrected chi connectivity index (χ0v) is 10.9. The van der Waals surface area contributed by atoms with Crippen LogP contribution >= 0.6 is 15.9 Å². The van der Waals surface area contributed by atoms with Crippen molar-refractivity contribution in [3.63, 3.8) is 0 Å². The Bertz CT molecular complexity index is 581. The zero-order valence-electron chi connectivity index (χ0n) is 9.35. The lowest BCUT2D eigenvalue weighted by atomic mass is 10.3. The van der Waals surface area contributed by atoms with E-state index in [9.17, 15) is 4.79 Å². The first-order chi connectivity index (χ1) is 8.06. The fourth-order valence-electron chi connectivity index (χ4n) is 1.58. The number of halogens is 1. The Morgan fingerprint density at radius 3 is 2.82 bits per heavy atom. The molecule has 0 unspecified atom stereocenters. The topological polar surface area (TPSA) is 60.9 Å². The van der Waals surface area contributed by atoms with Gasteiger partial charge in [-0.15, -0.1) is 0 Å². The van der Waals surface area contributed by atoms with Gasteiger partial charge in [0.1, 0.15) is 0 Å². The molecule has 4 nitrogen and oxygen atoms in total. The van der Waals surface area contributed by atoms with Gasteiger partial charge in [-0.05, 0) is 35.0 Å². The van der Waals surface area contributed by atoms with Gasteiger partial charge in [0.05, 0.1) is 22.4 Å². The first-order valence-electron chi connectivity index (χ1n) is 5.14. The molecule has 0 aromatic carbocycles. The van der Waals surface area contributed by atoms with Crippen LogP contribution in [0.5, 0.6) is 0 Å². The highest BCUT2D eigenvalue weighted by molar-refractivity contribution is 9.10. The van der Waals surface area contributed by atoms with Crippen LogP contribution in [0.3, 0.4) is 0 Å². The van der Waals surface area contributed by atoms with E-state index < -0.39 is 0 Å². The second kappa shape index (κ2) is 4.71. The highest BCUT2D eigenvalue weighted by Gasteiger charge is 2.03. The van der Waals surface area contributed by atoms with Gasteiger partial charge in [0, 0.05) is 18.1 Å². The normalized spacial score (nSPS) is 10.5. The molecule has 0 atom stereocenters. The quantitative estimate of drug-likeness (QED) is 0.921. The number of nitrogens with zero attached hydrogens (tertiary/aromatic N) is 2. The van der Waals surface area contributed by atoms with Crippen molar-refractivity contribution in [2.45, 2.75) is 13.5 Å². The number of pyridine rings is 2. The van der Waals surface area contributed by atoms with Crippen molar-refractivity contribution >= 4 is 21.6 Å². The number of nitrogens with two attached hydrogens (primary N) is 1. The van der Waals surface area contributed by atoms with E-state index in [-0.39, 0.29) is 11.1 Å². The van der Waals surface area contributed by atoms with Crippen molar-refractivity contribution < 1.29 is 0 Å². The van der Waals surface area contributed by atoms with Gasteiger partial charge in [-0.25, -0.2) is 0 Å². The highest BCUT2D eigenvalue weighted by atomic mass is 79.9. The number of aromatic nitrogens is 2. The zero-order chi connectivity index (χ0) is 12.4. The van der Waals surface area contributed by atoms with Crippen LogP contribution in [0, 0.1) is 6.92 Å². The Hall–Kier alpha value is -1.62. The van der Waals surface area contributed by atoms with E-state index in [1.165, 1.54) is 0 Å². The van der Waals surface area contributed by atoms with Crippen molar-refractivity contribution in [3.05, 3.63) is 56.7 Å². The van der Waals surface area contributed by atoms with Crippen LogP contribution in [-0.4, -0.2) is 9.55 Å². The third kappa shape index (κ3) is 2.74. The van der Waals surface area contributed by atoms with Gasteiger partial charge in [-0.2, -0.15) is 0 Å². The fraction of sp³-hybridized carbons (Fsp3) is 0.167. The molecule has 0 saturated heterocycles. The standard InChI is InChI=1S/C12H12BrN3O/c1-8-3-2-4-9(15-8)5-16-6-10(13)12(17)11(14)7-16/h2-4,6-7H,5,14H2,1H3. The van der Waals surface area contributed by atoms with E-state index in [1.54, 1.807) is 12.4 Å². The van der Waals surface area contributed by atoms with Crippen LogP contribution in [-0.2, 0) is 6.54 Å². The Balaban J connectivity index is 2.34. The van der Waals surface area contributed by atoms with Gasteiger partial charge in [-0.3, -0.25) is 9.78 Å². The second-order valence-electron chi connectivity index (χ2n) is 3.83. The Labute approximate surface area is 107 Å². The van der Waals surface area contributed by atoms with E-state index in [4.69, 9.17) is 5.73 Å². The minimum absolute atomic E-state index is 0.182. The molecule has 0 aliphatic carbocycles. The monoisotopic (exact) mass is 293 g/mol. The SMILES string of the molecule is Cc1cccc(Cn2cc(N)c(=O)c(Br)c2)n1. The summed E-state index contributed by atoms with van der Waals surface area (Å²) in [4.78, 5) is 15.8. The van der Waals surface area contributed by atoms with Gasteiger partial charge in [-0.1, -0.05) is 6.07 Å². The summed E-state index contributed by atoms with van der Waals surface area (Å²) in [5.74, 6) is 0. The van der Waals surface area contributed by atoms with E-state index in [0.717, 1.165) is 11.4 Å². The summed E-state index contributed by atoms with van der Waals surface area (Å²) in [7, 11) is 0. The summed E-state index contributed by atoms with van der Waals surface area (Å²) >= 11 is 3.19. The first-order valence-corrected chi connectivity index (χ1v) is 5.93. The van der Waals surface area contributed by atoms with Crippen LogP contribution in [0.4, 0.5) is 5.69 Å². The van der Waals surface area contributed by atoms with Gasteiger partial charge >= 0.3 is 0 Å². The number of aryl methyl sites for hydroxylation is 1. The van der Waals surface area contributed by atoms with Crippen molar-refractivity contribution in [3.8, 4) is 0 Å². The summed E-state index contributed by atoms with van der Waals surface area (Å²) < 4.78 is 2.30. The summed E-state index contributed by atoms with van der Waals surface area (Å²) in [5, 5.41) is 0. The largest absolute Gasteiger partial charge is 0.394 e. The molecule has 17 heavy (non-hydrogen) atoms. The summed E-state index contributed by atoms with van der Waals surface area (Å²) in [6.07, 6.45) is 3.33. The van der Waals surface area contributed by atoms with E-state index in [0.29, 0.717) is 11.0 Å². The molecule has 2 rings (SSSR count). The van der Waals surface area contributed by atoms with Gasteiger partial charge in [0.15, 0.2) is 0 Å². The minimum Gasteiger partial charge on any atom is -0.394 e. The summed E-state index contributed by atoms with van der Waals surface area (Å²) in [6.45, 7) is 2.53. The van der Waals surface area contributed by atoms with E-state index in [1.807, 2.05) is 29.7 Å². The predicted molar refractivity (Wildman–Crippen MR) is 70.9 cm³/mol. The van der Waals surface area contributed by atoms with Crippen LogP contribution < -0.4 is 11.2 Å². The average Bonchev–Trinajstić information content (AvgIpc) is 2.26. The van der Waals surface area contributed by atoms with Crippen molar-refractivity contribution in [1.29, 1.82) is 0 Å². The van der Waals surface area contributed by atoms with Crippen molar-refractivity contribution in [2.24, 2.45) is 0 Å². The molecule has 5 heteroatoms. The number of hydrogen-bond acceptors (Lipinski definition) is 3. The first kappa shape index (κ1) is 11.9. The predicted octanol–water partition coefficient (Wildman–Crippen LogP) is 1.94. The maximum atomic E-state index is 11.4. The second-order valence-corrected chi connectivity index (χ2v) is 4.69. The van der Waals surface area contributed by atoms with Gasteiger partial charge in [0.25, 0.3) is 0 Å². The molecule has 0 spiro atoms. The summed E-state index contributed by atoms with van der Waals surface area (Å²) in [5.41, 5.74) is 7.57. The third-order valence-corrected chi connectivity index (χ3v) is 2.92. The Kier molecular flexibility index (Phi) is 3.28. The molecule has 2 aromatic heterocycles. The summed E-state index contributed by atoms with van der Waals surface area (Å²) in [6, 6.07) is 5.84. The molecule has 0 radical (unpaired) electrons. The molecule has 2 aromatic rings. The number of hydrogen-bond donors (Lipinski definition) is 1. The molecule has 2 heterocycles. The number of rotatable bonds is 2. The molecule has 0 saturated carbocycles. The minimum atomic E-state index is -0.182. The lowest BCUT2D eigenvalue weighted by molar-refractivity contribution is 0.761. The molecule has 2 N–H and O–H groups in total. The molecule has 0 amide bonds. The maximum absolute atomic E-state index is 11.4. The maximum Gasteiger partial charge on any atom is 0.218 e. The Morgan fingerprint density at radius 1 is 1.41 bits per heavy atom. The Morgan fingerprint density at radius 2 is 2.18 bits per heavy atom. The molecular formula is C12H12BrN3O. The van der Waals surface area contributed by atoms with Crippen LogP contribution in [0.25, 0.3) is 0 Å². The van der Waals surface area contributed by atoms with Gasteiger partial charge < -0.3 is 10.3 Å². The fourth-order valence-corrected chi connectivity index (χ4v) is 2.07. The number of nitrogen functional groups attached to an aromatic ring is 1. The third-order valence-electron chi connectivity index (χ3n) is 2.35. The molecule has 0 fully saturated rings.